The van der Waals surface area contributed by atoms with E-state index in [0.29, 0.717) is 5.92 Å². The molecule has 2 aromatic heterocycles. The Balaban J connectivity index is 1.46. The Kier molecular flexibility index (Phi) is 5.44. The van der Waals surface area contributed by atoms with Gasteiger partial charge in [-0.3, -0.25) is 4.90 Å². The summed E-state index contributed by atoms with van der Waals surface area (Å²) in [5, 5.41) is 8.73. The maximum atomic E-state index is 14.0. The molecule has 1 aromatic carbocycles. The van der Waals surface area contributed by atoms with Crippen molar-refractivity contribution in [2.24, 2.45) is 12.0 Å². The van der Waals surface area contributed by atoms with Crippen LogP contribution in [0.25, 0.3) is 11.3 Å². The number of H-pyrrole nitrogens is 1. The Hall–Kier alpha value is -3.00. The van der Waals surface area contributed by atoms with E-state index in [1.54, 1.807) is 16.8 Å². The Morgan fingerprint density at radius 3 is 2.79 bits per heavy atom. The summed E-state index contributed by atoms with van der Waals surface area (Å²) in [6, 6.07) is 7.15. The SMILES string of the molecule is C=Nc1[nH]ccc1-c1c(C2CCN(Cc3ccc(OC)c(F)c3)CC2)nnn1C. The van der Waals surface area contributed by atoms with Crippen LogP contribution in [-0.2, 0) is 13.6 Å². The minimum absolute atomic E-state index is 0.278. The summed E-state index contributed by atoms with van der Waals surface area (Å²) in [6.07, 6.45) is 3.81. The van der Waals surface area contributed by atoms with Gasteiger partial charge in [-0.1, -0.05) is 11.3 Å². The number of hydrogen-bond acceptors (Lipinski definition) is 5. The monoisotopic (exact) mass is 396 g/mol. The van der Waals surface area contributed by atoms with E-state index in [2.05, 4.69) is 31.9 Å². The largest absolute Gasteiger partial charge is 0.494 e. The minimum atomic E-state index is -0.317. The van der Waals surface area contributed by atoms with Crippen molar-refractivity contribution in [3.05, 3.63) is 47.5 Å². The molecule has 7 nitrogen and oxygen atoms in total. The summed E-state index contributed by atoms with van der Waals surface area (Å²) < 4.78 is 20.8. The summed E-state index contributed by atoms with van der Waals surface area (Å²) in [5.41, 5.74) is 3.92. The highest BCUT2D eigenvalue weighted by Crippen LogP contribution is 2.37. The van der Waals surface area contributed by atoms with E-state index >= 15 is 0 Å². The second-order valence-corrected chi connectivity index (χ2v) is 7.36. The molecule has 0 saturated carbocycles. The maximum Gasteiger partial charge on any atom is 0.165 e. The standard InChI is InChI=1S/C21H25FN6O/c1-23-21-16(6-9-24-21)20-19(25-26-27(20)2)15-7-10-28(11-8-15)13-14-4-5-18(29-3)17(22)12-14/h4-6,9,12,15,24H,1,7-8,10-11,13H2,2-3H3. The average molecular weight is 396 g/mol. The van der Waals surface area contributed by atoms with Gasteiger partial charge in [0.15, 0.2) is 11.6 Å². The fourth-order valence-electron chi connectivity index (χ4n) is 4.07. The molecule has 4 rings (SSSR count). The topological polar surface area (TPSA) is 71.3 Å². The van der Waals surface area contributed by atoms with E-state index in [0.717, 1.165) is 60.8 Å². The van der Waals surface area contributed by atoms with Crippen LogP contribution in [0.2, 0.25) is 0 Å². The fourth-order valence-corrected chi connectivity index (χ4v) is 4.07. The van der Waals surface area contributed by atoms with Crippen LogP contribution in [0.1, 0.15) is 30.0 Å². The summed E-state index contributed by atoms with van der Waals surface area (Å²) in [4.78, 5) is 9.52. The maximum absolute atomic E-state index is 14.0. The molecule has 29 heavy (non-hydrogen) atoms. The van der Waals surface area contributed by atoms with Gasteiger partial charge in [0.2, 0.25) is 0 Å². The number of nitrogens with one attached hydrogen (secondary N) is 1. The van der Waals surface area contributed by atoms with E-state index in [-0.39, 0.29) is 11.6 Å². The molecule has 1 N–H and O–H groups in total. The first-order valence-electron chi connectivity index (χ1n) is 9.69. The summed E-state index contributed by atoms with van der Waals surface area (Å²) in [5.74, 6) is 1.02. The number of aromatic amines is 1. The van der Waals surface area contributed by atoms with Crippen LogP contribution >= 0.6 is 0 Å². The number of aliphatic imine (C=N–C) groups is 1. The third-order valence-corrected chi connectivity index (χ3v) is 5.59. The molecule has 1 aliphatic rings. The normalized spacial score (nSPS) is 15.6. The van der Waals surface area contributed by atoms with Crippen LogP contribution in [0.5, 0.6) is 5.75 Å². The van der Waals surface area contributed by atoms with Crippen LogP contribution in [0, 0.1) is 5.82 Å². The summed E-state index contributed by atoms with van der Waals surface area (Å²) in [6.45, 7) is 6.21. The lowest BCUT2D eigenvalue weighted by Gasteiger charge is -2.31. The highest BCUT2D eigenvalue weighted by molar-refractivity contribution is 5.74. The zero-order valence-electron chi connectivity index (χ0n) is 16.7. The quantitative estimate of drug-likeness (QED) is 0.646. The highest BCUT2D eigenvalue weighted by atomic mass is 19.1. The number of aromatic nitrogens is 4. The van der Waals surface area contributed by atoms with Gasteiger partial charge in [0.05, 0.1) is 18.5 Å². The van der Waals surface area contributed by atoms with Crippen molar-refractivity contribution in [3.8, 4) is 17.0 Å². The van der Waals surface area contributed by atoms with Crippen molar-refractivity contribution in [2.75, 3.05) is 20.2 Å². The van der Waals surface area contributed by atoms with Crippen LogP contribution in [0.4, 0.5) is 10.2 Å². The molecule has 1 fully saturated rings. The Labute approximate surface area is 169 Å². The van der Waals surface area contributed by atoms with Crippen LogP contribution in [0.3, 0.4) is 0 Å². The molecular weight excluding hydrogens is 371 g/mol. The minimum Gasteiger partial charge on any atom is -0.494 e. The fraction of sp³-hybridized carbons (Fsp3) is 0.381. The molecule has 3 heterocycles. The highest BCUT2D eigenvalue weighted by Gasteiger charge is 2.28. The van der Waals surface area contributed by atoms with Gasteiger partial charge < -0.3 is 9.72 Å². The number of methoxy groups -OCH3 is 1. The third kappa shape index (κ3) is 3.80. The molecule has 0 atom stereocenters. The van der Waals surface area contributed by atoms with Crippen molar-refractivity contribution in [1.29, 1.82) is 0 Å². The molecule has 0 aliphatic carbocycles. The summed E-state index contributed by atoms with van der Waals surface area (Å²) >= 11 is 0. The van der Waals surface area contributed by atoms with Crippen molar-refractivity contribution in [3.63, 3.8) is 0 Å². The van der Waals surface area contributed by atoms with E-state index in [4.69, 9.17) is 4.74 Å². The predicted octanol–water partition coefficient (Wildman–Crippen LogP) is 3.67. The molecule has 3 aromatic rings. The molecule has 1 aliphatic heterocycles. The lowest BCUT2D eigenvalue weighted by molar-refractivity contribution is 0.203. The first kappa shape index (κ1) is 19.3. The zero-order valence-corrected chi connectivity index (χ0v) is 16.7. The van der Waals surface area contributed by atoms with Gasteiger partial charge in [-0.15, -0.1) is 5.10 Å². The van der Waals surface area contributed by atoms with Crippen molar-refractivity contribution >= 4 is 12.5 Å². The number of aryl methyl sites for hydroxylation is 1. The van der Waals surface area contributed by atoms with Gasteiger partial charge in [0.1, 0.15) is 5.82 Å². The smallest absolute Gasteiger partial charge is 0.165 e. The number of halogens is 1. The predicted molar refractivity (Wildman–Crippen MR) is 110 cm³/mol. The molecule has 152 valence electrons. The van der Waals surface area contributed by atoms with Gasteiger partial charge in [0.25, 0.3) is 0 Å². The van der Waals surface area contributed by atoms with Gasteiger partial charge >= 0.3 is 0 Å². The number of hydrogen-bond donors (Lipinski definition) is 1. The molecule has 0 unspecified atom stereocenters. The van der Waals surface area contributed by atoms with Crippen molar-refractivity contribution < 1.29 is 9.13 Å². The number of rotatable bonds is 6. The second kappa shape index (κ2) is 8.16. The second-order valence-electron chi connectivity index (χ2n) is 7.36. The number of nitrogens with zero attached hydrogens (tertiary/aromatic N) is 5. The first-order valence-corrected chi connectivity index (χ1v) is 9.69. The van der Waals surface area contributed by atoms with Gasteiger partial charge in [-0.05, 0) is 56.4 Å². The van der Waals surface area contributed by atoms with Gasteiger partial charge in [-0.25, -0.2) is 14.1 Å². The van der Waals surface area contributed by atoms with Gasteiger partial charge in [-0.2, -0.15) is 0 Å². The van der Waals surface area contributed by atoms with E-state index in [1.165, 1.54) is 7.11 Å². The Bertz CT molecular complexity index is 1000. The lowest BCUT2D eigenvalue weighted by Crippen LogP contribution is -2.32. The molecule has 0 radical (unpaired) electrons. The number of piperidine rings is 1. The third-order valence-electron chi connectivity index (χ3n) is 5.59. The molecule has 1 saturated heterocycles. The van der Waals surface area contributed by atoms with Gasteiger partial charge in [0, 0.05) is 31.3 Å². The van der Waals surface area contributed by atoms with Crippen LogP contribution < -0.4 is 4.74 Å². The number of likely N-dealkylation sites (tertiary alicyclic amines) is 1. The average Bonchev–Trinajstić information content (AvgIpc) is 3.34. The number of ether oxygens (including phenoxy) is 1. The Morgan fingerprint density at radius 1 is 1.31 bits per heavy atom. The molecule has 0 bridgehead atoms. The molecule has 0 spiro atoms. The van der Waals surface area contributed by atoms with E-state index in [9.17, 15) is 4.39 Å². The van der Waals surface area contributed by atoms with Crippen molar-refractivity contribution in [1.82, 2.24) is 24.9 Å². The molecule has 0 amide bonds. The van der Waals surface area contributed by atoms with E-state index in [1.807, 2.05) is 25.4 Å². The number of benzene rings is 1. The first-order chi connectivity index (χ1) is 14.1. The summed E-state index contributed by atoms with van der Waals surface area (Å²) in [7, 11) is 3.38. The molecule has 8 heteroatoms. The van der Waals surface area contributed by atoms with Crippen LogP contribution in [-0.4, -0.2) is 51.8 Å². The zero-order chi connectivity index (χ0) is 20.4. The lowest BCUT2D eigenvalue weighted by atomic mass is 9.91. The van der Waals surface area contributed by atoms with Crippen molar-refractivity contribution in [2.45, 2.75) is 25.3 Å². The van der Waals surface area contributed by atoms with E-state index < -0.39 is 0 Å². The van der Waals surface area contributed by atoms with Crippen LogP contribution in [0.15, 0.2) is 35.5 Å². The Morgan fingerprint density at radius 2 is 2.10 bits per heavy atom. The molecular formula is C21H25FN6O.